The van der Waals surface area contributed by atoms with Crippen molar-refractivity contribution in [2.24, 2.45) is 0 Å². The molecule has 7 aromatic rings. The van der Waals surface area contributed by atoms with Gasteiger partial charge in [0.05, 0.1) is 16.7 Å². The molecule has 1 aliphatic heterocycles. The summed E-state index contributed by atoms with van der Waals surface area (Å²) in [4.78, 5) is 46.8. The maximum Gasteiger partial charge on any atom is 0.296 e. The van der Waals surface area contributed by atoms with Crippen molar-refractivity contribution >= 4 is 76.6 Å². The molecule has 9 nitrogen and oxygen atoms in total. The third kappa shape index (κ3) is 3.00. The third-order valence-electron chi connectivity index (χ3n) is 7.88. The number of rotatable bonds is 2. The van der Waals surface area contributed by atoms with E-state index in [4.69, 9.17) is 4.98 Å². The number of hydrogen-bond donors (Lipinski definition) is 1. The van der Waals surface area contributed by atoms with E-state index in [-0.39, 0.29) is 22.4 Å². The van der Waals surface area contributed by atoms with E-state index in [1.807, 2.05) is 36.4 Å². The van der Waals surface area contributed by atoms with Gasteiger partial charge in [0.25, 0.3) is 27.5 Å². The minimum absolute atomic E-state index is 0.127. The van der Waals surface area contributed by atoms with Crippen molar-refractivity contribution < 1.29 is 22.6 Å². The van der Waals surface area contributed by atoms with Crippen molar-refractivity contribution in [3.63, 3.8) is 0 Å². The topological polar surface area (TPSA) is 126 Å². The summed E-state index contributed by atoms with van der Waals surface area (Å²) in [6, 6.07) is 21.8. The van der Waals surface area contributed by atoms with Crippen LogP contribution in [0.25, 0.3) is 49.0 Å². The molecule has 10 heteroatoms. The van der Waals surface area contributed by atoms with Gasteiger partial charge in [-0.2, -0.15) is 8.42 Å². The van der Waals surface area contributed by atoms with Gasteiger partial charge in [0.15, 0.2) is 0 Å². The fourth-order valence-corrected chi connectivity index (χ4v) is 6.91. The molecular weight excluding hydrogens is 542 g/mol. The molecule has 41 heavy (non-hydrogen) atoms. The maximum atomic E-state index is 14.0. The number of nitrogens with zero attached hydrogens (tertiary/aromatic N) is 3. The van der Waals surface area contributed by atoms with Crippen LogP contribution in [0.3, 0.4) is 0 Å². The van der Waals surface area contributed by atoms with E-state index >= 15 is 0 Å². The fraction of sp³-hybridized carbons (Fsp3) is 0.0323. The van der Waals surface area contributed by atoms with Crippen LogP contribution in [0.15, 0.2) is 88.6 Å². The maximum absolute atomic E-state index is 14.0. The molecule has 3 heterocycles. The van der Waals surface area contributed by atoms with Crippen LogP contribution in [0.5, 0.6) is 0 Å². The van der Waals surface area contributed by atoms with E-state index in [1.54, 1.807) is 35.6 Å². The van der Waals surface area contributed by atoms with Crippen molar-refractivity contribution in [3.05, 3.63) is 106 Å². The second kappa shape index (κ2) is 7.72. The summed E-state index contributed by atoms with van der Waals surface area (Å²) in [5.41, 5.74) is 1.98. The number of imide groups is 1. The van der Waals surface area contributed by atoms with Gasteiger partial charge in [-0.25, -0.2) is 9.88 Å². The summed E-state index contributed by atoms with van der Waals surface area (Å²) in [5, 5.41) is 3.46. The molecule has 0 saturated carbocycles. The highest BCUT2D eigenvalue weighted by molar-refractivity contribution is 7.86. The first-order valence-corrected chi connectivity index (χ1v) is 14.1. The molecule has 1 aliphatic rings. The average molecular weight is 560 g/mol. The van der Waals surface area contributed by atoms with E-state index < -0.39 is 26.8 Å². The number of benzene rings is 5. The Morgan fingerprint density at radius 1 is 0.756 bits per heavy atom. The minimum Gasteiger partial charge on any atom is -0.282 e. The fourth-order valence-electron chi connectivity index (χ4n) is 6.15. The number of carbonyl (C=O) groups is 2. The SMILES string of the molecule is Cc1ccc(N2C(=O)c3ccc4c(=O)n5c6cccc7cccc(nc5c5ccc(c3c45)C2=O)c76)c(S(=O)(=O)O)c1. The molecule has 0 radical (unpaired) electrons. The monoisotopic (exact) mass is 559 g/mol. The largest absolute Gasteiger partial charge is 0.296 e. The van der Waals surface area contributed by atoms with Crippen LogP contribution in [-0.4, -0.2) is 34.2 Å². The number of aromatic nitrogens is 2. The Balaban J connectivity index is 1.48. The molecule has 0 unspecified atom stereocenters. The molecule has 198 valence electrons. The van der Waals surface area contributed by atoms with Gasteiger partial charge in [-0.15, -0.1) is 0 Å². The average Bonchev–Trinajstić information content (AvgIpc) is 2.95. The normalized spacial score (nSPS) is 14.0. The number of pyridine rings is 1. The van der Waals surface area contributed by atoms with E-state index in [2.05, 4.69) is 0 Å². The first kappa shape index (κ1) is 23.7. The molecule has 0 saturated heterocycles. The summed E-state index contributed by atoms with van der Waals surface area (Å²) < 4.78 is 35.9. The summed E-state index contributed by atoms with van der Waals surface area (Å²) in [6.45, 7) is 1.63. The predicted molar refractivity (Wildman–Crippen MR) is 155 cm³/mol. The number of aryl methyl sites for hydroxylation is 1. The van der Waals surface area contributed by atoms with Crippen molar-refractivity contribution in [1.82, 2.24) is 9.38 Å². The molecule has 5 aromatic carbocycles. The molecule has 0 spiro atoms. The van der Waals surface area contributed by atoms with E-state index in [1.165, 1.54) is 18.2 Å². The van der Waals surface area contributed by atoms with Crippen molar-refractivity contribution in [2.45, 2.75) is 11.8 Å². The molecule has 0 fully saturated rings. The smallest absolute Gasteiger partial charge is 0.282 e. The second-order valence-electron chi connectivity index (χ2n) is 10.2. The van der Waals surface area contributed by atoms with Crippen LogP contribution in [0.2, 0.25) is 0 Å². The Labute approximate surface area is 231 Å². The molecule has 2 aromatic heterocycles. The lowest BCUT2D eigenvalue weighted by Gasteiger charge is -2.29. The highest BCUT2D eigenvalue weighted by atomic mass is 32.2. The van der Waals surface area contributed by atoms with Crippen LogP contribution in [-0.2, 0) is 10.1 Å². The van der Waals surface area contributed by atoms with Crippen LogP contribution >= 0.6 is 0 Å². The third-order valence-corrected chi connectivity index (χ3v) is 8.76. The zero-order valence-corrected chi connectivity index (χ0v) is 22.1. The standard InChI is InChI=1S/C31H17N3O6S/c1-15-8-13-22(24(14-15)41(38,39)40)34-30(36)19-10-9-17-26-18(11-12-20(27(19)26)31(34)37)29(35)33-23-7-3-5-16-4-2-6-21(25(16)23)32-28(17)33/h2-14H,1H3,(H,38,39,40). The second-order valence-corrected chi connectivity index (χ2v) is 11.6. The summed E-state index contributed by atoms with van der Waals surface area (Å²) >= 11 is 0. The van der Waals surface area contributed by atoms with Crippen molar-refractivity contribution in [2.75, 3.05) is 4.90 Å². The van der Waals surface area contributed by atoms with Crippen molar-refractivity contribution in [1.29, 1.82) is 0 Å². The Kier molecular flexibility index (Phi) is 4.46. The highest BCUT2D eigenvalue weighted by Crippen LogP contribution is 2.40. The van der Waals surface area contributed by atoms with Gasteiger partial charge >= 0.3 is 0 Å². The minimum atomic E-state index is -4.76. The van der Waals surface area contributed by atoms with Gasteiger partial charge in [-0.1, -0.05) is 30.3 Å². The van der Waals surface area contributed by atoms with E-state index in [0.29, 0.717) is 43.8 Å². The first-order chi connectivity index (χ1) is 19.6. The van der Waals surface area contributed by atoms with Gasteiger partial charge in [0.2, 0.25) is 0 Å². The van der Waals surface area contributed by atoms with Crippen LogP contribution in [0, 0.1) is 6.92 Å². The Morgan fingerprint density at radius 2 is 1.44 bits per heavy atom. The van der Waals surface area contributed by atoms with Gasteiger partial charge in [0.1, 0.15) is 10.5 Å². The van der Waals surface area contributed by atoms with E-state index in [9.17, 15) is 27.4 Å². The number of hydrogen-bond acceptors (Lipinski definition) is 6. The highest BCUT2D eigenvalue weighted by Gasteiger charge is 2.38. The Bertz CT molecular complexity index is 2510. The van der Waals surface area contributed by atoms with Crippen molar-refractivity contribution in [3.8, 4) is 0 Å². The Morgan fingerprint density at radius 3 is 2.15 bits per heavy atom. The van der Waals surface area contributed by atoms with Gasteiger partial charge < -0.3 is 0 Å². The molecule has 2 amide bonds. The Hall–Kier alpha value is -5.19. The number of anilines is 1. The summed E-state index contributed by atoms with van der Waals surface area (Å²) in [5.74, 6) is -1.54. The number of amides is 2. The zero-order valence-electron chi connectivity index (χ0n) is 21.2. The van der Waals surface area contributed by atoms with E-state index in [0.717, 1.165) is 15.7 Å². The quantitative estimate of drug-likeness (QED) is 0.135. The van der Waals surface area contributed by atoms with Crippen LogP contribution < -0.4 is 10.5 Å². The predicted octanol–water partition coefficient (Wildman–Crippen LogP) is 5.10. The summed E-state index contributed by atoms with van der Waals surface area (Å²) in [7, 11) is -4.76. The van der Waals surface area contributed by atoms with Crippen LogP contribution in [0.4, 0.5) is 5.69 Å². The molecule has 0 bridgehead atoms. The molecule has 0 atom stereocenters. The van der Waals surface area contributed by atoms with Gasteiger partial charge in [-0.05, 0) is 66.4 Å². The lowest BCUT2D eigenvalue weighted by atomic mass is 9.89. The molecule has 1 N–H and O–H groups in total. The summed E-state index contributed by atoms with van der Waals surface area (Å²) in [6.07, 6.45) is 0. The van der Waals surface area contributed by atoms with Gasteiger partial charge in [-0.3, -0.25) is 23.3 Å². The molecule has 8 rings (SSSR count). The first-order valence-electron chi connectivity index (χ1n) is 12.7. The van der Waals surface area contributed by atoms with Gasteiger partial charge in [0, 0.05) is 38.1 Å². The molecule has 0 aliphatic carbocycles. The van der Waals surface area contributed by atoms with Crippen LogP contribution in [0.1, 0.15) is 26.3 Å². The lowest BCUT2D eigenvalue weighted by molar-refractivity contribution is 0.0893. The molecular formula is C31H17N3O6S. The zero-order chi connectivity index (χ0) is 28.4. The number of fused-ring (bicyclic) bond motifs is 3. The lowest BCUT2D eigenvalue weighted by Crippen LogP contribution is -2.41. The number of carbonyl (C=O) groups excluding carboxylic acids is 2.